The fourth-order valence-corrected chi connectivity index (χ4v) is 2.40. The van der Waals surface area contributed by atoms with Gasteiger partial charge >= 0.3 is 0 Å². The Morgan fingerprint density at radius 2 is 2.53 bits per heavy atom. The Balaban J connectivity index is 2.24. The number of carbonyl (C=O) groups is 1. The van der Waals surface area contributed by atoms with Gasteiger partial charge in [0.25, 0.3) is 0 Å². The monoisotopic (exact) mass is 268 g/mol. The number of nitrogens with zero attached hydrogens (tertiary/aromatic N) is 2. The summed E-state index contributed by atoms with van der Waals surface area (Å²) in [4.78, 5) is 12.3. The minimum absolute atomic E-state index is 0.00905. The SMILES string of the molecule is CNC(=O)CCn1c(-c2cccs2)n[nH]c1=S. The Morgan fingerprint density at radius 3 is 3.18 bits per heavy atom. The molecule has 5 nitrogen and oxygen atoms in total. The molecule has 7 heteroatoms. The number of hydrogen-bond donors (Lipinski definition) is 2. The molecule has 0 spiro atoms. The summed E-state index contributed by atoms with van der Waals surface area (Å²) < 4.78 is 2.38. The van der Waals surface area contributed by atoms with Crippen molar-refractivity contribution in [2.45, 2.75) is 13.0 Å². The van der Waals surface area contributed by atoms with Crippen LogP contribution in [0.1, 0.15) is 6.42 Å². The largest absolute Gasteiger partial charge is 0.359 e. The number of nitrogens with one attached hydrogen (secondary N) is 2. The third-order valence-electron chi connectivity index (χ3n) is 2.34. The molecule has 0 aliphatic carbocycles. The number of H-pyrrole nitrogens is 1. The van der Waals surface area contributed by atoms with E-state index in [0.717, 1.165) is 10.7 Å². The van der Waals surface area contributed by atoms with Crippen molar-refractivity contribution >= 4 is 29.5 Å². The van der Waals surface area contributed by atoms with E-state index in [1.807, 2.05) is 22.1 Å². The van der Waals surface area contributed by atoms with Gasteiger partial charge in [-0.05, 0) is 23.7 Å². The molecule has 0 aliphatic rings. The van der Waals surface area contributed by atoms with Crippen molar-refractivity contribution in [1.82, 2.24) is 20.1 Å². The first kappa shape index (κ1) is 12.0. The quantitative estimate of drug-likeness (QED) is 0.831. The molecule has 0 saturated carbocycles. The van der Waals surface area contributed by atoms with Crippen molar-refractivity contribution in [2.24, 2.45) is 0 Å². The van der Waals surface area contributed by atoms with Crippen LogP contribution in [0.25, 0.3) is 10.7 Å². The number of aromatic amines is 1. The molecule has 2 rings (SSSR count). The highest BCUT2D eigenvalue weighted by molar-refractivity contribution is 7.71. The number of amides is 1. The average Bonchev–Trinajstić information content (AvgIpc) is 2.95. The average molecular weight is 268 g/mol. The van der Waals surface area contributed by atoms with Crippen LogP contribution in [0.5, 0.6) is 0 Å². The summed E-state index contributed by atoms with van der Waals surface area (Å²) in [5, 5.41) is 11.5. The van der Waals surface area contributed by atoms with E-state index < -0.39 is 0 Å². The molecule has 0 saturated heterocycles. The second kappa shape index (κ2) is 5.24. The maximum atomic E-state index is 11.2. The Labute approximate surface area is 107 Å². The van der Waals surface area contributed by atoms with Gasteiger partial charge in [0.15, 0.2) is 10.6 Å². The van der Waals surface area contributed by atoms with Crippen molar-refractivity contribution in [2.75, 3.05) is 7.05 Å². The molecular weight excluding hydrogens is 256 g/mol. The van der Waals surface area contributed by atoms with Gasteiger partial charge in [0, 0.05) is 20.0 Å². The Hall–Kier alpha value is -1.47. The Bertz CT molecular complexity index is 555. The first-order chi connectivity index (χ1) is 8.22. The van der Waals surface area contributed by atoms with Crippen LogP contribution in [-0.4, -0.2) is 27.7 Å². The lowest BCUT2D eigenvalue weighted by molar-refractivity contribution is -0.120. The van der Waals surface area contributed by atoms with Crippen molar-refractivity contribution in [3.05, 3.63) is 22.3 Å². The molecule has 0 aromatic carbocycles. The molecule has 1 amide bonds. The third kappa shape index (κ3) is 2.62. The van der Waals surface area contributed by atoms with Crippen LogP contribution < -0.4 is 5.32 Å². The zero-order valence-corrected chi connectivity index (χ0v) is 10.9. The fraction of sp³-hybridized carbons (Fsp3) is 0.300. The second-order valence-electron chi connectivity index (χ2n) is 3.40. The summed E-state index contributed by atoms with van der Waals surface area (Å²) in [6, 6.07) is 3.94. The fourth-order valence-electron chi connectivity index (χ4n) is 1.46. The molecule has 2 aromatic rings. The van der Waals surface area contributed by atoms with Gasteiger partial charge in [-0.1, -0.05) is 6.07 Å². The van der Waals surface area contributed by atoms with Gasteiger partial charge in [0.1, 0.15) is 0 Å². The van der Waals surface area contributed by atoms with Crippen molar-refractivity contribution in [3.8, 4) is 10.7 Å². The molecule has 17 heavy (non-hydrogen) atoms. The highest BCUT2D eigenvalue weighted by Crippen LogP contribution is 2.22. The summed E-state index contributed by atoms with van der Waals surface area (Å²) in [6.07, 6.45) is 0.392. The van der Waals surface area contributed by atoms with Crippen LogP contribution in [0.3, 0.4) is 0 Å². The van der Waals surface area contributed by atoms with E-state index in [0.29, 0.717) is 17.7 Å². The summed E-state index contributed by atoms with van der Waals surface area (Å²) in [7, 11) is 1.62. The standard InChI is InChI=1S/C10H12N4OS2/c1-11-8(15)4-5-14-9(12-13-10(14)16)7-3-2-6-17-7/h2-3,6H,4-5H2,1H3,(H,11,15)(H,13,16). The van der Waals surface area contributed by atoms with Gasteiger partial charge in [-0.15, -0.1) is 11.3 Å². The summed E-state index contributed by atoms with van der Waals surface area (Å²) in [5.74, 6) is 0.777. The minimum atomic E-state index is -0.00905. The molecule has 90 valence electrons. The lowest BCUT2D eigenvalue weighted by Gasteiger charge is -2.04. The summed E-state index contributed by atoms with van der Waals surface area (Å²) in [5.41, 5.74) is 0. The number of thiophene rings is 1. The molecule has 0 atom stereocenters. The first-order valence-corrected chi connectivity index (χ1v) is 6.41. The predicted molar refractivity (Wildman–Crippen MR) is 69.4 cm³/mol. The van der Waals surface area contributed by atoms with E-state index in [1.54, 1.807) is 18.4 Å². The van der Waals surface area contributed by atoms with Gasteiger partial charge in [0.05, 0.1) is 4.88 Å². The molecule has 0 fully saturated rings. The topological polar surface area (TPSA) is 62.7 Å². The Morgan fingerprint density at radius 1 is 1.71 bits per heavy atom. The summed E-state index contributed by atoms with van der Waals surface area (Å²) in [6.45, 7) is 0.530. The van der Waals surface area contributed by atoms with Crippen molar-refractivity contribution in [1.29, 1.82) is 0 Å². The van der Waals surface area contributed by atoms with E-state index in [-0.39, 0.29) is 5.91 Å². The van der Waals surface area contributed by atoms with Crippen LogP contribution in [0.15, 0.2) is 17.5 Å². The summed E-state index contributed by atoms with van der Waals surface area (Å²) >= 11 is 6.75. The molecule has 2 aromatic heterocycles. The molecule has 0 unspecified atom stereocenters. The normalized spacial score (nSPS) is 10.4. The van der Waals surface area contributed by atoms with E-state index >= 15 is 0 Å². The third-order valence-corrected chi connectivity index (χ3v) is 3.52. The van der Waals surface area contributed by atoms with Gasteiger partial charge in [-0.2, -0.15) is 5.10 Å². The van der Waals surface area contributed by atoms with Crippen molar-refractivity contribution < 1.29 is 4.79 Å². The lowest BCUT2D eigenvalue weighted by atomic mass is 10.3. The lowest BCUT2D eigenvalue weighted by Crippen LogP contribution is -2.19. The van der Waals surface area contributed by atoms with Crippen LogP contribution in [0, 0.1) is 4.77 Å². The number of carbonyl (C=O) groups excluding carboxylic acids is 1. The van der Waals surface area contributed by atoms with E-state index in [1.165, 1.54) is 0 Å². The van der Waals surface area contributed by atoms with E-state index in [4.69, 9.17) is 12.2 Å². The van der Waals surface area contributed by atoms with Gasteiger partial charge in [0.2, 0.25) is 5.91 Å². The predicted octanol–water partition coefficient (Wildman–Crippen LogP) is 1.81. The number of aromatic nitrogens is 3. The zero-order valence-electron chi connectivity index (χ0n) is 9.27. The van der Waals surface area contributed by atoms with E-state index in [9.17, 15) is 4.79 Å². The number of hydrogen-bond acceptors (Lipinski definition) is 4. The minimum Gasteiger partial charge on any atom is -0.359 e. The maximum absolute atomic E-state index is 11.2. The zero-order chi connectivity index (χ0) is 12.3. The van der Waals surface area contributed by atoms with E-state index in [2.05, 4.69) is 15.5 Å². The molecule has 0 bridgehead atoms. The van der Waals surface area contributed by atoms with Gasteiger partial charge in [-0.3, -0.25) is 14.5 Å². The molecule has 2 N–H and O–H groups in total. The highest BCUT2D eigenvalue weighted by atomic mass is 32.1. The van der Waals surface area contributed by atoms with Crippen molar-refractivity contribution in [3.63, 3.8) is 0 Å². The maximum Gasteiger partial charge on any atom is 0.221 e. The molecule has 2 heterocycles. The molecule has 0 radical (unpaired) electrons. The smallest absolute Gasteiger partial charge is 0.221 e. The van der Waals surface area contributed by atoms with Crippen LogP contribution in [-0.2, 0) is 11.3 Å². The number of rotatable bonds is 4. The van der Waals surface area contributed by atoms with Gasteiger partial charge < -0.3 is 5.32 Å². The molecule has 0 aliphatic heterocycles. The second-order valence-corrected chi connectivity index (χ2v) is 4.74. The Kier molecular flexibility index (Phi) is 3.70. The van der Waals surface area contributed by atoms with Crippen LogP contribution in [0.4, 0.5) is 0 Å². The highest BCUT2D eigenvalue weighted by Gasteiger charge is 2.10. The van der Waals surface area contributed by atoms with Crippen LogP contribution in [0.2, 0.25) is 0 Å². The van der Waals surface area contributed by atoms with Crippen LogP contribution >= 0.6 is 23.6 Å². The first-order valence-electron chi connectivity index (χ1n) is 5.12. The molecular formula is C10H12N4OS2. The van der Waals surface area contributed by atoms with Gasteiger partial charge in [-0.25, -0.2) is 0 Å².